The largest absolute Gasteiger partial charge is 0.383 e. The lowest BCUT2D eigenvalue weighted by Crippen LogP contribution is -2.21. The van der Waals surface area contributed by atoms with Gasteiger partial charge in [-0.1, -0.05) is 25.1 Å². The van der Waals surface area contributed by atoms with Gasteiger partial charge >= 0.3 is 0 Å². The van der Waals surface area contributed by atoms with Crippen LogP contribution in [0.5, 0.6) is 0 Å². The minimum atomic E-state index is 0.354. The average molecular weight is 193 g/mol. The van der Waals surface area contributed by atoms with E-state index in [-0.39, 0.29) is 0 Å². The van der Waals surface area contributed by atoms with Crippen molar-refractivity contribution in [3.05, 3.63) is 29.8 Å². The van der Waals surface area contributed by atoms with Crippen LogP contribution in [-0.4, -0.2) is 19.8 Å². The highest BCUT2D eigenvalue weighted by Crippen LogP contribution is 2.16. The van der Waals surface area contributed by atoms with Crippen LogP contribution in [0.4, 0.5) is 5.69 Å². The van der Waals surface area contributed by atoms with E-state index >= 15 is 0 Å². The number of ether oxygens (including phenoxy) is 1. The van der Waals surface area contributed by atoms with Gasteiger partial charge in [0, 0.05) is 18.8 Å². The number of hydrogen-bond acceptors (Lipinski definition) is 2. The van der Waals surface area contributed by atoms with E-state index in [1.165, 1.54) is 11.3 Å². The maximum atomic E-state index is 5.09. The molecular weight excluding hydrogens is 174 g/mol. The zero-order chi connectivity index (χ0) is 10.4. The summed E-state index contributed by atoms with van der Waals surface area (Å²) < 4.78 is 5.09. The molecule has 1 aromatic carbocycles. The number of para-hydroxylation sites is 1. The summed E-state index contributed by atoms with van der Waals surface area (Å²) >= 11 is 0. The molecule has 1 N–H and O–H groups in total. The third-order valence-electron chi connectivity index (χ3n) is 2.22. The summed E-state index contributed by atoms with van der Waals surface area (Å²) in [4.78, 5) is 0. The normalized spacial score (nSPS) is 12.5. The summed E-state index contributed by atoms with van der Waals surface area (Å²) in [5.41, 5.74) is 2.58. The Morgan fingerprint density at radius 1 is 1.36 bits per heavy atom. The first-order valence-electron chi connectivity index (χ1n) is 5.11. The Morgan fingerprint density at radius 3 is 2.71 bits per heavy atom. The van der Waals surface area contributed by atoms with Gasteiger partial charge in [0.05, 0.1) is 6.61 Å². The maximum Gasteiger partial charge on any atom is 0.0661 e. The Kier molecular flexibility index (Phi) is 4.47. The molecular formula is C12H19NO. The lowest BCUT2D eigenvalue weighted by atomic mass is 10.1. The van der Waals surface area contributed by atoms with Crippen LogP contribution in [-0.2, 0) is 11.2 Å². The molecule has 2 nitrogen and oxygen atoms in total. The second kappa shape index (κ2) is 5.66. The number of aryl methyl sites for hydroxylation is 1. The number of anilines is 1. The van der Waals surface area contributed by atoms with Crippen LogP contribution in [0.2, 0.25) is 0 Å². The number of methoxy groups -OCH3 is 1. The highest BCUT2D eigenvalue weighted by atomic mass is 16.5. The molecule has 1 rings (SSSR count). The first kappa shape index (κ1) is 11.1. The molecule has 1 atom stereocenters. The van der Waals surface area contributed by atoms with Gasteiger partial charge in [0.2, 0.25) is 0 Å². The predicted molar refractivity (Wildman–Crippen MR) is 60.8 cm³/mol. The van der Waals surface area contributed by atoms with Crippen molar-refractivity contribution in [2.45, 2.75) is 26.3 Å². The molecule has 0 unspecified atom stereocenters. The molecule has 0 fully saturated rings. The summed E-state index contributed by atoms with van der Waals surface area (Å²) in [7, 11) is 1.73. The van der Waals surface area contributed by atoms with Gasteiger partial charge in [-0.3, -0.25) is 0 Å². The van der Waals surface area contributed by atoms with Crippen LogP contribution in [0.15, 0.2) is 24.3 Å². The Bertz CT molecular complexity index is 273. The molecule has 14 heavy (non-hydrogen) atoms. The molecule has 0 saturated carbocycles. The van der Waals surface area contributed by atoms with E-state index in [0.29, 0.717) is 6.04 Å². The molecule has 0 aliphatic heterocycles. The van der Waals surface area contributed by atoms with Crippen molar-refractivity contribution in [1.82, 2.24) is 0 Å². The minimum Gasteiger partial charge on any atom is -0.383 e. The zero-order valence-electron chi connectivity index (χ0n) is 9.21. The van der Waals surface area contributed by atoms with Crippen molar-refractivity contribution in [3.8, 4) is 0 Å². The van der Waals surface area contributed by atoms with E-state index in [0.717, 1.165) is 13.0 Å². The fraction of sp³-hybridized carbons (Fsp3) is 0.500. The molecule has 0 bridgehead atoms. The van der Waals surface area contributed by atoms with E-state index in [1.807, 2.05) is 0 Å². The number of benzene rings is 1. The smallest absolute Gasteiger partial charge is 0.0661 e. The summed E-state index contributed by atoms with van der Waals surface area (Å²) in [5.74, 6) is 0. The molecule has 0 spiro atoms. The van der Waals surface area contributed by atoms with Gasteiger partial charge in [-0.05, 0) is 25.0 Å². The summed E-state index contributed by atoms with van der Waals surface area (Å²) in [6.45, 7) is 5.02. The molecule has 0 aromatic heterocycles. The van der Waals surface area contributed by atoms with Crippen molar-refractivity contribution >= 4 is 5.69 Å². The first-order chi connectivity index (χ1) is 6.77. The summed E-state index contributed by atoms with van der Waals surface area (Å²) in [5, 5.41) is 3.44. The van der Waals surface area contributed by atoms with Gasteiger partial charge in [-0.2, -0.15) is 0 Å². The topological polar surface area (TPSA) is 21.3 Å². The van der Waals surface area contributed by atoms with E-state index in [9.17, 15) is 0 Å². The quantitative estimate of drug-likeness (QED) is 0.776. The van der Waals surface area contributed by atoms with Gasteiger partial charge in [-0.25, -0.2) is 0 Å². The van der Waals surface area contributed by atoms with Crippen LogP contribution in [0, 0.1) is 0 Å². The van der Waals surface area contributed by atoms with Crippen LogP contribution < -0.4 is 5.32 Å². The maximum absolute atomic E-state index is 5.09. The van der Waals surface area contributed by atoms with Gasteiger partial charge in [0.15, 0.2) is 0 Å². The van der Waals surface area contributed by atoms with Crippen molar-refractivity contribution < 1.29 is 4.74 Å². The van der Waals surface area contributed by atoms with Gasteiger partial charge in [0.25, 0.3) is 0 Å². The predicted octanol–water partition coefficient (Wildman–Crippen LogP) is 2.70. The summed E-state index contributed by atoms with van der Waals surface area (Å²) in [6, 6.07) is 8.76. The van der Waals surface area contributed by atoms with Crippen molar-refractivity contribution in [3.63, 3.8) is 0 Å². The van der Waals surface area contributed by atoms with Crippen LogP contribution >= 0.6 is 0 Å². The lowest BCUT2D eigenvalue weighted by Gasteiger charge is -2.16. The van der Waals surface area contributed by atoms with Crippen LogP contribution in [0.1, 0.15) is 19.4 Å². The Labute approximate surface area is 86.3 Å². The second-order valence-electron chi connectivity index (χ2n) is 3.51. The highest BCUT2D eigenvalue weighted by molar-refractivity contribution is 5.51. The van der Waals surface area contributed by atoms with E-state index in [4.69, 9.17) is 4.74 Å². The molecule has 78 valence electrons. The molecule has 0 radical (unpaired) electrons. The first-order valence-corrected chi connectivity index (χ1v) is 5.11. The van der Waals surface area contributed by atoms with Gasteiger partial charge in [0.1, 0.15) is 0 Å². The molecule has 0 aliphatic carbocycles. The lowest BCUT2D eigenvalue weighted by molar-refractivity contribution is 0.190. The standard InChI is InChI=1S/C12H19NO/c1-4-11-7-5-6-8-12(11)13-10(2)9-14-3/h5-8,10,13H,4,9H2,1-3H3/t10-/m1/s1. The molecule has 1 aromatic rings. The van der Waals surface area contributed by atoms with Crippen molar-refractivity contribution in [1.29, 1.82) is 0 Å². The van der Waals surface area contributed by atoms with E-state index < -0.39 is 0 Å². The Hall–Kier alpha value is -1.02. The van der Waals surface area contributed by atoms with Crippen LogP contribution in [0.3, 0.4) is 0 Å². The van der Waals surface area contributed by atoms with Crippen LogP contribution in [0.25, 0.3) is 0 Å². The number of rotatable bonds is 5. The average Bonchev–Trinajstić information content (AvgIpc) is 2.19. The molecule has 0 saturated heterocycles. The second-order valence-corrected chi connectivity index (χ2v) is 3.51. The summed E-state index contributed by atoms with van der Waals surface area (Å²) in [6.07, 6.45) is 1.06. The highest BCUT2D eigenvalue weighted by Gasteiger charge is 2.03. The molecule has 0 aliphatic rings. The number of hydrogen-bond donors (Lipinski definition) is 1. The fourth-order valence-electron chi connectivity index (χ4n) is 1.53. The monoisotopic (exact) mass is 193 g/mol. The molecule has 0 amide bonds. The van der Waals surface area contributed by atoms with Gasteiger partial charge in [-0.15, -0.1) is 0 Å². The molecule has 2 heteroatoms. The Morgan fingerprint density at radius 2 is 2.07 bits per heavy atom. The van der Waals surface area contributed by atoms with E-state index in [1.54, 1.807) is 7.11 Å². The Balaban J connectivity index is 2.65. The number of nitrogens with one attached hydrogen (secondary N) is 1. The minimum absolute atomic E-state index is 0.354. The van der Waals surface area contributed by atoms with Crippen molar-refractivity contribution in [2.24, 2.45) is 0 Å². The SMILES string of the molecule is CCc1ccccc1N[C@H](C)COC. The third-order valence-corrected chi connectivity index (χ3v) is 2.22. The third kappa shape index (κ3) is 3.04. The fourth-order valence-corrected chi connectivity index (χ4v) is 1.53. The van der Waals surface area contributed by atoms with E-state index in [2.05, 4.69) is 43.4 Å². The molecule has 0 heterocycles. The van der Waals surface area contributed by atoms with Crippen molar-refractivity contribution in [2.75, 3.05) is 19.0 Å². The van der Waals surface area contributed by atoms with Gasteiger partial charge < -0.3 is 10.1 Å². The zero-order valence-corrected chi connectivity index (χ0v) is 9.21.